The van der Waals surface area contributed by atoms with Crippen LogP contribution in [0.3, 0.4) is 0 Å². The minimum Gasteiger partial charge on any atom is -0.352 e. The average molecular weight is 361 g/mol. The lowest BCUT2D eigenvalue weighted by Crippen LogP contribution is -2.24. The summed E-state index contributed by atoms with van der Waals surface area (Å²) in [5.41, 5.74) is 3.71. The Balaban J connectivity index is 1.90. The molecule has 0 radical (unpaired) electrons. The highest BCUT2D eigenvalue weighted by molar-refractivity contribution is 6.07. The number of pyridine rings is 1. The molecule has 0 saturated heterocycles. The van der Waals surface area contributed by atoms with Crippen molar-refractivity contribution < 1.29 is 4.79 Å². The van der Waals surface area contributed by atoms with Crippen molar-refractivity contribution in [1.29, 1.82) is 0 Å². The van der Waals surface area contributed by atoms with Gasteiger partial charge in [0.2, 0.25) is 0 Å². The summed E-state index contributed by atoms with van der Waals surface area (Å²) in [4.78, 5) is 17.4. The molecule has 140 valence electrons. The van der Waals surface area contributed by atoms with Crippen LogP contribution in [-0.2, 0) is 0 Å². The molecule has 1 aromatic heterocycles. The van der Waals surface area contributed by atoms with Crippen molar-refractivity contribution in [2.45, 2.75) is 39.5 Å². The normalized spacial score (nSPS) is 11.0. The maximum atomic E-state index is 12.7. The predicted molar refractivity (Wildman–Crippen MR) is 113 cm³/mol. The van der Waals surface area contributed by atoms with Crippen LogP contribution in [0.25, 0.3) is 10.9 Å². The van der Waals surface area contributed by atoms with E-state index >= 15 is 0 Å². The highest BCUT2D eigenvalue weighted by Crippen LogP contribution is 2.24. The lowest BCUT2D eigenvalue weighted by atomic mass is 10.0. The van der Waals surface area contributed by atoms with E-state index in [0.29, 0.717) is 23.8 Å². The van der Waals surface area contributed by atoms with Crippen molar-refractivity contribution in [1.82, 2.24) is 10.3 Å². The quantitative estimate of drug-likeness (QED) is 0.536. The van der Waals surface area contributed by atoms with Gasteiger partial charge in [-0.3, -0.25) is 4.79 Å². The van der Waals surface area contributed by atoms with Gasteiger partial charge in [-0.05, 0) is 42.2 Å². The van der Waals surface area contributed by atoms with Crippen LogP contribution in [0.15, 0.2) is 54.6 Å². The van der Waals surface area contributed by atoms with Crippen LogP contribution in [0.4, 0.5) is 11.5 Å². The van der Waals surface area contributed by atoms with Gasteiger partial charge >= 0.3 is 0 Å². The predicted octanol–water partition coefficient (Wildman–Crippen LogP) is 5.63. The van der Waals surface area contributed by atoms with E-state index in [-0.39, 0.29) is 5.91 Å². The molecule has 27 heavy (non-hydrogen) atoms. The lowest BCUT2D eigenvalue weighted by Gasteiger charge is -2.12. The number of fused-ring (bicyclic) bond motifs is 1. The summed E-state index contributed by atoms with van der Waals surface area (Å²) in [5.74, 6) is 1.11. The molecule has 0 unspecified atom stereocenters. The van der Waals surface area contributed by atoms with Crippen LogP contribution >= 0.6 is 0 Å². The van der Waals surface area contributed by atoms with Crippen molar-refractivity contribution >= 4 is 28.3 Å². The largest absolute Gasteiger partial charge is 0.352 e. The zero-order chi connectivity index (χ0) is 19.2. The molecule has 3 rings (SSSR count). The number of aromatic nitrogens is 1. The Morgan fingerprint density at radius 3 is 2.52 bits per heavy atom. The molecule has 0 bridgehead atoms. The van der Waals surface area contributed by atoms with Gasteiger partial charge in [-0.2, -0.15) is 0 Å². The molecule has 1 heterocycles. The number of anilines is 2. The Hall–Kier alpha value is -2.88. The van der Waals surface area contributed by atoms with Gasteiger partial charge in [0.15, 0.2) is 0 Å². The fraction of sp³-hybridized carbons (Fsp3) is 0.304. The molecule has 0 saturated carbocycles. The van der Waals surface area contributed by atoms with E-state index in [1.54, 1.807) is 0 Å². The zero-order valence-corrected chi connectivity index (χ0v) is 16.3. The van der Waals surface area contributed by atoms with E-state index in [1.165, 1.54) is 5.56 Å². The van der Waals surface area contributed by atoms with E-state index in [4.69, 9.17) is 0 Å². The summed E-state index contributed by atoms with van der Waals surface area (Å²) in [7, 11) is 0. The minimum atomic E-state index is -0.0553. The molecule has 0 aliphatic carbocycles. The highest BCUT2D eigenvalue weighted by atomic mass is 16.1. The molecule has 0 fully saturated rings. The molecular formula is C23H27N3O. The van der Waals surface area contributed by atoms with E-state index in [0.717, 1.165) is 29.4 Å². The van der Waals surface area contributed by atoms with E-state index in [2.05, 4.69) is 48.5 Å². The third kappa shape index (κ3) is 4.64. The van der Waals surface area contributed by atoms with Gasteiger partial charge in [-0.15, -0.1) is 0 Å². The molecule has 0 aliphatic rings. The Kier molecular flexibility index (Phi) is 6.07. The second-order valence-electron chi connectivity index (χ2n) is 7.08. The fourth-order valence-corrected chi connectivity index (χ4v) is 3.00. The van der Waals surface area contributed by atoms with Gasteiger partial charge in [0.25, 0.3) is 5.91 Å². The minimum absolute atomic E-state index is 0.0553. The summed E-state index contributed by atoms with van der Waals surface area (Å²) < 4.78 is 0. The number of carbonyl (C=O) groups is 1. The first-order valence-corrected chi connectivity index (χ1v) is 9.63. The average Bonchev–Trinajstić information content (AvgIpc) is 2.68. The standard InChI is InChI=1S/C23H27N3O/c1-4-5-14-24-23(27)20-15-22(26-21-9-7-6-8-19(20)21)25-18-12-10-17(11-13-18)16(2)3/h6-13,15-16H,4-5,14H2,1-3H3,(H,24,27)(H,25,26). The summed E-state index contributed by atoms with van der Waals surface area (Å²) in [6, 6.07) is 17.9. The van der Waals surface area contributed by atoms with Crippen molar-refractivity contribution in [3.63, 3.8) is 0 Å². The number of amides is 1. The first kappa shape index (κ1) is 18.9. The van der Waals surface area contributed by atoms with Crippen LogP contribution in [0.5, 0.6) is 0 Å². The molecule has 0 spiro atoms. The van der Waals surface area contributed by atoms with Crippen LogP contribution in [0, 0.1) is 0 Å². The third-order valence-corrected chi connectivity index (χ3v) is 4.63. The van der Waals surface area contributed by atoms with Gasteiger partial charge in [0, 0.05) is 17.6 Å². The molecule has 3 aromatic rings. The number of rotatable bonds is 7. The number of nitrogens with one attached hydrogen (secondary N) is 2. The number of carbonyl (C=O) groups excluding carboxylic acids is 1. The molecule has 4 heteroatoms. The van der Waals surface area contributed by atoms with E-state index < -0.39 is 0 Å². The summed E-state index contributed by atoms with van der Waals surface area (Å²) >= 11 is 0. The number of unbranched alkanes of at least 4 members (excludes halogenated alkanes) is 1. The summed E-state index contributed by atoms with van der Waals surface area (Å²) in [5, 5.41) is 7.21. The highest BCUT2D eigenvalue weighted by Gasteiger charge is 2.13. The monoisotopic (exact) mass is 361 g/mol. The van der Waals surface area contributed by atoms with Crippen molar-refractivity contribution in [2.75, 3.05) is 11.9 Å². The van der Waals surface area contributed by atoms with E-state index in [9.17, 15) is 4.79 Å². The van der Waals surface area contributed by atoms with Crippen molar-refractivity contribution in [2.24, 2.45) is 0 Å². The zero-order valence-electron chi connectivity index (χ0n) is 16.3. The number of nitrogens with zero attached hydrogens (tertiary/aromatic N) is 1. The van der Waals surface area contributed by atoms with Crippen LogP contribution < -0.4 is 10.6 Å². The maximum absolute atomic E-state index is 12.7. The Labute approximate surface area is 161 Å². The van der Waals surface area contributed by atoms with Crippen molar-refractivity contribution in [3.05, 3.63) is 65.7 Å². The topological polar surface area (TPSA) is 54.0 Å². The van der Waals surface area contributed by atoms with Gasteiger partial charge in [-0.1, -0.05) is 57.5 Å². The SMILES string of the molecule is CCCCNC(=O)c1cc(Nc2ccc(C(C)C)cc2)nc2ccccc12. The molecule has 0 aliphatic heterocycles. The first-order chi connectivity index (χ1) is 13.1. The number of benzene rings is 2. The third-order valence-electron chi connectivity index (χ3n) is 4.63. The maximum Gasteiger partial charge on any atom is 0.252 e. The van der Waals surface area contributed by atoms with Crippen molar-refractivity contribution in [3.8, 4) is 0 Å². The number of hydrogen-bond acceptors (Lipinski definition) is 3. The number of para-hydroxylation sites is 1. The second kappa shape index (κ2) is 8.67. The molecule has 2 N–H and O–H groups in total. The molecule has 4 nitrogen and oxygen atoms in total. The summed E-state index contributed by atoms with van der Waals surface area (Å²) in [6.45, 7) is 7.15. The summed E-state index contributed by atoms with van der Waals surface area (Å²) in [6.07, 6.45) is 2.03. The van der Waals surface area contributed by atoms with Gasteiger partial charge in [-0.25, -0.2) is 4.98 Å². The van der Waals surface area contributed by atoms with Crippen LogP contribution in [0.2, 0.25) is 0 Å². The number of hydrogen-bond donors (Lipinski definition) is 2. The Bertz CT molecular complexity index is 917. The van der Waals surface area contributed by atoms with Crippen LogP contribution in [-0.4, -0.2) is 17.4 Å². The smallest absolute Gasteiger partial charge is 0.252 e. The Morgan fingerprint density at radius 2 is 1.81 bits per heavy atom. The van der Waals surface area contributed by atoms with Gasteiger partial charge in [0.1, 0.15) is 5.82 Å². The van der Waals surface area contributed by atoms with Gasteiger partial charge in [0.05, 0.1) is 11.1 Å². The fourth-order valence-electron chi connectivity index (χ4n) is 3.00. The van der Waals surface area contributed by atoms with Gasteiger partial charge < -0.3 is 10.6 Å². The molecule has 2 aromatic carbocycles. The first-order valence-electron chi connectivity index (χ1n) is 9.63. The molecular weight excluding hydrogens is 334 g/mol. The molecule has 0 atom stereocenters. The second-order valence-corrected chi connectivity index (χ2v) is 7.08. The van der Waals surface area contributed by atoms with Crippen LogP contribution in [0.1, 0.15) is 55.5 Å². The Morgan fingerprint density at radius 1 is 1.07 bits per heavy atom. The lowest BCUT2D eigenvalue weighted by molar-refractivity contribution is 0.0955. The van der Waals surface area contributed by atoms with E-state index in [1.807, 2.05) is 42.5 Å². The molecule has 1 amide bonds.